The summed E-state index contributed by atoms with van der Waals surface area (Å²) < 4.78 is 14.8. The van der Waals surface area contributed by atoms with Crippen molar-refractivity contribution in [2.75, 3.05) is 6.54 Å². The van der Waals surface area contributed by atoms with Crippen molar-refractivity contribution in [3.05, 3.63) is 34.1 Å². The van der Waals surface area contributed by atoms with E-state index < -0.39 is 0 Å². The van der Waals surface area contributed by atoms with Gasteiger partial charge in [0.05, 0.1) is 0 Å². The Hall–Kier alpha value is -0.410. The van der Waals surface area contributed by atoms with Crippen LogP contribution in [-0.2, 0) is 0 Å². The molecule has 1 nitrogen and oxygen atoms in total. The van der Waals surface area contributed by atoms with Crippen molar-refractivity contribution in [3.63, 3.8) is 0 Å². The minimum Gasteiger partial charge on any atom is -0.310 e. The Kier molecular flexibility index (Phi) is 6.87. The molecule has 0 heterocycles. The molecule has 1 aromatic rings. The van der Waals surface area contributed by atoms with Crippen LogP contribution in [-0.4, -0.2) is 6.54 Å². The predicted molar refractivity (Wildman–Crippen MR) is 79.2 cm³/mol. The lowest BCUT2D eigenvalue weighted by Gasteiger charge is -2.21. The third kappa shape index (κ3) is 5.07. The van der Waals surface area contributed by atoms with Gasteiger partial charge in [-0.05, 0) is 49.9 Å². The molecule has 3 heteroatoms. The largest absolute Gasteiger partial charge is 0.310 e. The Bertz CT molecular complexity index is 366. The van der Waals surface area contributed by atoms with Crippen LogP contribution in [0.5, 0.6) is 0 Å². The molecule has 1 unspecified atom stereocenters. The van der Waals surface area contributed by atoms with Gasteiger partial charge in [-0.15, -0.1) is 0 Å². The van der Waals surface area contributed by atoms with Gasteiger partial charge in [-0.2, -0.15) is 0 Å². The van der Waals surface area contributed by atoms with Crippen molar-refractivity contribution in [3.8, 4) is 0 Å². The number of hydrogen-bond donors (Lipinski definition) is 1. The number of benzene rings is 1. The van der Waals surface area contributed by atoms with Crippen LogP contribution < -0.4 is 5.32 Å². The summed E-state index contributed by atoms with van der Waals surface area (Å²) in [5.41, 5.74) is 0.776. The first kappa shape index (κ1) is 15.6. The topological polar surface area (TPSA) is 12.0 Å². The molecule has 0 aromatic heterocycles. The summed E-state index contributed by atoms with van der Waals surface area (Å²) in [7, 11) is 0. The zero-order valence-electron chi connectivity index (χ0n) is 11.5. The van der Waals surface area contributed by atoms with Crippen molar-refractivity contribution in [2.24, 2.45) is 5.92 Å². The lowest BCUT2D eigenvalue weighted by Crippen LogP contribution is -2.23. The van der Waals surface area contributed by atoms with Gasteiger partial charge in [-0.3, -0.25) is 0 Å². The molecule has 0 aliphatic carbocycles. The second kappa shape index (κ2) is 7.90. The van der Waals surface area contributed by atoms with E-state index in [4.69, 9.17) is 0 Å². The van der Waals surface area contributed by atoms with Crippen LogP contribution in [0, 0.1) is 11.7 Å². The maximum absolute atomic E-state index is 13.9. The van der Waals surface area contributed by atoms with Gasteiger partial charge in [0.2, 0.25) is 0 Å². The number of nitrogens with one attached hydrogen (secondary N) is 1. The fourth-order valence-electron chi connectivity index (χ4n) is 1.97. The first-order valence-electron chi connectivity index (χ1n) is 6.73. The molecule has 0 saturated carbocycles. The quantitative estimate of drug-likeness (QED) is 0.741. The molecule has 1 rings (SSSR count). The van der Waals surface area contributed by atoms with Crippen molar-refractivity contribution < 1.29 is 4.39 Å². The highest BCUT2D eigenvalue weighted by molar-refractivity contribution is 9.10. The predicted octanol–water partition coefficient (Wildman–Crippen LogP) is 5.07. The normalized spacial score (nSPS) is 13.0. The van der Waals surface area contributed by atoms with E-state index in [0.29, 0.717) is 5.92 Å². The van der Waals surface area contributed by atoms with Crippen molar-refractivity contribution in [2.45, 2.75) is 46.1 Å². The third-order valence-corrected chi connectivity index (χ3v) is 3.50. The van der Waals surface area contributed by atoms with Crippen LogP contribution in [0.1, 0.15) is 51.6 Å². The number of hydrogen-bond acceptors (Lipinski definition) is 1. The molecule has 1 aromatic carbocycles. The van der Waals surface area contributed by atoms with Crippen LogP contribution in [0.2, 0.25) is 0 Å². The Morgan fingerprint density at radius 2 is 2.00 bits per heavy atom. The lowest BCUT2D eigenvalue weighted by molar-refractivity contribution is 0.427. The molecular weight excluding hydrogens is 293 g/mol. The highest BCUT2D eigenvalue weighted by Gasteiger charge is 2.15. The van der Waals surface area contributed by atoms with Gasteiger partial charge in [0.1, 0.15) is 5.82 Å². The van der Waals surface area contributed by atoms with Crippen molar-refractivity contribution in [1.29, 1.82) is 0 Å². The summed E-state index contributed by atoms with van der Waals surface area (Å²) in [6.07, 6.45) is 3.15. The zero-order valence-corrected chi connectivity index (χ0v) is 13.1. The average Bonchev–Trinajstić information content (AvgIpc) is 2.32. The molecule has 0 saturated heterocycles. The first-order valence-corrected chi connectivity index (χ1v) is 7.52. The van der Waals surface area contributed by atoms with E-state index >= 15 is 0 Å². The lowest BCUT2D eigenvalue weighted by atomic mass is 9.97. The number of halogens is 2. The maximum Gasteiger partial charge on any atom is 0.128 e. The molecule has 0 fully saturated rings. The minimum absolute atomic E-state index is 0.115. The summed E-state index contributed by atoms with van der Waals surface area (Å²) in [4.78, 5) is 0. The van der Waals surface area contributed by atoms with E-state index in [1.165, 1.54) is 6.07 Å². The molecule has 0 bridgehead atoms. The second-order valence-corrected chi connectivity index (χ2v) is 6.06. The van der Waals surface area contributed by atoms with Gasteiger partial charge in [0.25, 0.3) is 0 Å². The molecule has 0 amide bonds. The van der Waals surface area contributed by atoms with Gasteiger partial charge in [-0.25, -0.2) is 4.39 Å². The summed E-state index contributed by atoms with van der Waals surface area (Å²) in [6, 6.07) is 5.29. The molecule has 1 atom stereocenters. The van der Waals surface area contributed by atoms with Crippen LogP contribution in [0.15, 0.2) is 22.7 Å². The smallest absolute Gasteiger partial charge is 0.128 e. The standard InChI is InChI=1S/C15H23BrFN/c1-4-9-18-15(8-5-11(2)3)13-10-12(16)6-7-14(13)17/h6-7,10-11,15,18H,4-5,8-9H2,1-3H3. The summed E-state index contributed by atoms with van der Waals surface area (Å²) >= 11 is 3.42. The molecule has 102 valence electrons. The van der Waals surface area contributed by atoms with E-state index in [9.17, 15) is 4.39 Å². The van der Waals surface area contributed by atoms with E-state index in [-0.39, 0.29) is 11.9 Å². The SMILES string of the molecule is CCCNC(CCC(C)C)c1cc(Br)ccc1F. The Morgan fingerprint density at radius 1 is 1.28 bits per heavy atom. The Morgan fingerprint density at radius 3 is 2.61 bits per heavy atom. The number of rotatable bonds is 7. The minimum atomic E-state index is -0.115. The summed E-state index contributed by atoms with van der Waals surface area (Å²) in [5, 5.41) is 3.45. The third-order valence-electron chi connectivity index (χ3n) is 3.01. The second-order valence-electron chi connectivity index (χ2n) is 5.14. The fourth-order valence-corrected chi connectivity index (χ4v) is 2.35. The van der Waals surface area contributed by atoms with Crippen LogP contribution >= 0.6 is 15.9 Å². The highest BCUT2D eigenvalue weighted by atomic mass is 79.9. The van der Waals surface area contributed by atoms with Crippen molar-refractivity contribution in [1.82, 2.24) is 5.32 Å². The molecule has 1 N–H and O–H groups in total. The van der Waals surface area contributed by atoms with Crippen LogP contribution in [0.25, 0.3) is 0 Å². The van der Waals surface area contributed by atoms with E-state index in [0.717, 1.165) is 35.8 Å². The maximum atomic E-state index is 13.9. The van der Waals surface area contributed by atoms with Gasteiger partial charge < -0.3 is 5.32 Å². The van der Waals surface area contributed by atoms with E-state index in [2.05, 4.69) is 42.0 Å². The van der Waals surface area contributed by atoms with E-state index in [1.807, 2.05) is 6.07 Å². The van der Waals surface area contributed by atoms with Gasteiger partial charge in [0.15, 0.2) is 0 Å². The molecule has 0 spiro atoms. The first-order chi connectivity index (χ1) is 8.54. The summed E-state index contributed by atoms with van der Waals surface area (Å²) in [5.74, 6) is 0.529. The molecule has 18 heavy (non-hydrogen) atoms. The van der Waals surface area contributed by atoms with E-state index in [1.54, 1.807) is 6.07 Å². The monoisotopic (exact) mass is 315 g/mol. The molecule has 0 radical (unpaired) electrons. The zero-order chi connectivity index (χ0) is 13.5. The molecule has 0 aliphatic heterocycles. The van der Waals surface area contributed by atoms with Gasteiger partial charge in [0, 0.05) is 16.1 Å². The average molecular weight is 316 g/mol. The van der Waals surface area contributed by atoms with Gasteiger partial charge >= 0.3 is 0 Å². The Labute approximate surface area is 118 Å². The Balaban J connectivity index is 2.82. The molecule has 0 aliphatic rings. The molecular formula is C15H23BrFN. The van der Waals surface area contributed by atoms with Gasteiger partial charge in [-0.1, -0.05) is 36.7 Å². The fraction of sp³-hybridized carbons (Fsp3) is 0.600. The summed E-state index contributed by atoms with van der Waals surface area (Å²) in [6.45, 7) is 7.46. The highest BCUT2D eigenvalue weighted by Crippen LogP contribution is 2.26. The van der Waals surface area contributed by atoms with Crippen LogP contribution in [0.4, 0.5) is 4.39 Å². The van der Waals surface area contributed by atoms with Crippen molar-refractivity contribution >= 4 is 15.9 Å². The van der Waals surface area contributed by atoms with Crippen LogP contribution in [0.3, 0.4) is 0 Å².